The maximum absolute atomic E-state index is 12.3. The van der Waals surface area contributed by atoms with Gasteiger partial charge in [-0.15, -0.1) is 0 Å². The number of carbonyl (C=O) groups excluding carboxylic acids is 1. The normalized spacial score (nSPS) is 18.2. The van der Waals surface area contributed by atoms with Crippen LogP contribution in [0.1, 0.15) is 10.4 Å². The van der Waals surface area contributed by atoms with Gasteiger partial charge in [0, 0.05) is 16.5 Å². The second-order valence-corrected chi connectivity index (χ2v) is 7.82. The molecule has 8 nitrogen and oxygen atoms in total. The van der Waals surface area contributed by atoms with E-state index in [0.717, 1.165) is 5.41 Å². The fraction of sp³-hybridized carbons (Fsp3) is 0.118. The highest BCUT2D eigenvalue weighted by Gasteiger charge is 2.24. The first-order valence-corrected chi connectivity index (χ1v) is 9.42. The molecule has 1 atom stereocenters. The summed E-state index contributed by atoms with van der Waals surface area (Å²) in [6.07, 6.45) is 4.37. The van der Waals surface area contributed by atoms with E-state index in [1.807, 2.05) is 0 Å². The number of sulfone groups is 1. The van der Waals surface area contributed by atoms with Crippen LogP contribution in [0, 0.1) is 0 Å². The molecule has 0 unspecified atom stereocenters. The molecule has 3 aromatic rings. The van der Waals surface area contributed by atoms with Gasteiger partial charge in [-0.05, 0) is 29.7 Å². The molecule has 1 aliphatic heterocycles. The molecule has 1 aromatic carbocycles. The number of hydrogen-bond acceptors (Lipinski definition) is 6. The van der Waals surface area contributed by atoms with Gasteiger partial charge in [0.05, 0.1) is 18.0 Å². The van der Waals surface area contributed by atoms with Crippen LogP contribution in [-0.2, 0) is 9.84 Å². The summed E-state index contributed by atoms with van der Waals surface area (Å²) in [6, 6.07) is 6.03. The third kappa shape index (κ3) is 3.04. The standard InChI is InChI=1S/C17H13N3O5S/c21-15(19-12-3-6-26(23,24)9-12)13-7-10-1-2-11(17-18-4-5-25-17)8-14(10)20-16(13)22/h1-8,12H,9H2,(H,19,21)(H,20,22)/t12-/m1/s1. The van der Waals surface area contributed by atoms with Gasteiger partial charge in [0.15, 0.2) is 9.84 Å². The maximum atomic E-state index is 12.3. The molecule has 0 saturated heterocycles. The number of nitrogens with one attached hydrogen (secondary N) is 2. The Balaban J connectivity index is 1.65. The highest BCUT2D eigenvalue weighted by molar-refractivity contribution is 7.94. The van der Waals surface area contributed by atoms with Crippen LogP contribution in [0.25, 0.3) is 22.4 Å². The molecule has 0 aliphatic carbocycles. The van der Waals surface area contributed by atoms with Crippen molar-refractivity contribution in [3.63, 3.8) is 0 Å². The predicted molar refractivity (Wildman–Crippen MR) is 94.2 cm³/mol. The molecular formula is C17H13N3O5S. The van der Waals surface area contributed by atoms with Crippen molar-refractivity contribution >= 4 is 26.6 Å². The zero-order valence-corrected chi connectivity index (χ0v) is 14.1. The van der Waals surface area contributed by atoms with Crippen LogP contribution in [0.4, 0.5) is 0 Å². The van der Waals surface area contributed by atoms with E-state index in [2.05, 4.69) is 15.3 Å². The van der Waals surface area contributed by atoms with Gasteiger partial charge < -0.3 is 14.7 Å². The number of amides is 1. The van der Waals surface area contributed by atoms with Crippen LogP contribution in [0.5, 0.6) is 0 Å². The van der Waals surface area contributed by atoms with Crippen LogP contribution >= 0.6 is 0 Å². The predicted octanol–water partition coefficient (Wildman–Crippen LogP) is 1.22. The lowest BCUT2D eigenvalue weighted by molar-refractivity contribution is 0.0946. The Kier molecular flexibility index (Phi) is 3.73. The quantitative estimate of drug-likeness (QED) is 0.714. The maximum Gasteiger partial charge on any atom is 0.261 e. The van der Waals surface area contributed by atoms with Crippen molar-refractivity contribution in [2.24, 2.45) is 0 Å². The fourth-order valence-electron chi connectivity index (χ4n) is 2.78. The van der Waals surface area contributed by atoms with E-state index in [-0.39, 0.29) is 11.3 Å². The number of oxazole rings is 1. The Labute approximate surface area is 147 Å². The smallest absolute Gasteiger partial charge is 0.261 e. The van der Waals surface area contributed by atoms with E-state index < -0.39 is 27.3 Å². The highest BCUT2D eigenvalue weighted by Crippen LogP contribution is 2.21. The molecule has 2 aromatic heterocycles. The third-order valence-electron chi connectivity index (χ3n) is 4.02. The first-order chi connectivity index (χ1) is 12.4. The number of nitrogens with zero attached hydrogens (tertiary/aromatic N) is 1. The summed E-state index contributed by atoms with van der Waals surface area (Å²) in [6.45, 7) is 0. The summed E-state index contributed by atoms with van der Waals surface area (Å²) >= 11 is 0. The van der Waals surface area contributed by atoms with Gasteiger partial charge in [0.25, 0.3) is 11.5 Å². The van der Waals surface area contributed by atoms with Gasteiger partial charge >= 0.3 is 0 Å². The molecule has 0 spiro atoms. The minimum atomic E-state index is -3.29. The van der Waals surface area contributed by atoms with Gasteiger partial charge in [0.2, 0.25) is 5.89 Å². The van der Waals surface area contributed by atoms with Crippen molar-refractivity contribution in [2.75, 3.05) is 5.75 Å². The van der Waals surface area contributed by atoms with Crippen LogP contribution in [-0.4, -0.2) is 36.1 Å². The second-order valence-electron chi connectivity index (χ2n) is 5.89. The lowest BCUT2D eigenvalue weighted by Gasteiger charge is -2.10. The lowest BCUT2D eigenvalue weighted by atomic mass is 10.1. The van der Waals surface area contributed by atoms with E-state index in [1.54, 1.807) is 18.2 Å². The molecule has 26 heavy (non-hydrogen) atoms. The average molecular weight is 371 g/mol. The number of aromatic amines is 1. The van der Waals surface area contributed by atoms with E-state index >= 15 is 0 Å². The molecule has 0 bridgehead atoms. The summed E-state index contributed by atoms with van der Waals surface area (Å²) in [7, 11) is -3.29. The van der Waals surface area contributed by atoms with Gasteiger partial charge in [-0.2, -0.15) is 0 Å². The van der Waals surface area contributed by atoms with Crippen molar-refractivity contribution in [3.8, 4) is 11.5 Å². The first-order valence-electron chi connectivity index (χ1n) is 7.70. The molecule has 1 aliphatic rings. The van der Waals surface area contributed by atoms with Crippen molar-refractivity contribution in [1.29, 1.82) is 0 Å². The summed E-state index contributed by atoms with van der Waals surface area (Å²) in [5.74, 6) is -0.413. The molecular weight excluding hydrogens is 358 g/mol. The molecule has 0 radical (unpaired) electrons. The molecule has 9 heteroatoms. The Morgan fingerprint density at radius 2 is 2.15 bits per heavy atom. The number of benzene rings is 1. The highest BCUT2D eigenvalue weighted by atomic mass is 32.2. The number of aromatic nitrogens is 2. The second kappa shape index (κ2) is 5.95. The topological polar surface area (TPSA) is 122 Å². The van der Waals surface area contributed by atoms with Crippen molar-refractivity contribution in [1.82, 2.24) is 15.3 Å². The zero-order valence-electron chi connectivity index (χ0n) is 13.3. The number of H-pyrrole nitrogens is 1. The monoisotopic (exact) mass is 371 g/mol. The van der Waals surface area contributed by atoms with Crippen LogP contribution in [0.15, 0.2) is 57.4 Å². The molecule has 2 N–H and O–H groups in total. The van der Waals surface area contributed by atoms with Crippen LogP contribution < -0.4 is 10.9 Å². The molecule has 132 valence electrons. The van der Waals surface area contributed by atoms with E-state index in [9.17, 15) is 18.0 Å². The Bertz CT molecular complexity index is 1190. The number of pyridine rings is 1. The summed E-state index contributed by atoms with van der Waals surface area (Å²) in [5.41, 5.74) is 0.575. The van der Waals surface area contributed by atoms with Gasteiger partial charge in [-0.3, -0.25) is 9.59 Å². The largest absolute Gasteiger partial charge is 0.445 e. The Hall–Kier alpha value is -3.20. The van der Waals surface area contributed by atoms with E-state index in [4.69, 9.17) is 4.42 Å². The van der Waals surface area contributed by atoms with E-state index in [0.29, 0.717) is 22.4 Å². The van der Waals surface area contributed by atoms with Gasteiger partial charge in [-0.1, -0.05) is 6.07 Å². The summed E-state index contributed by atoms with van der Waals surface area (Å²) in [5, 5.41) is 4.25. The summed E-state index contributed by atoms with van der Waals surface area (Å²) < 4.78 is 28.1. The molecule has 1 amide bonds. The van der Waals surface area contributed by atoms with Crippen molar-refractivity contribution < 1.29 is 17.6 Å². The van der Waals surface area contributed by atoms with Crippen LogP contribution in [0.2, 0.25) is 0 Å². The van der Waals surface area contributed by atoms with Gasteiger partial charge in [-0.25, -0.2) is 13.4 Å². The van der Waals surface area contributed by atoms with Crippen molar-refractivity contribution in [2.45, 2.75) is 6.04 Å². The Morgan fingerprint density at radius 1 is 1.31 bits per heavy atom. The summed E-state index contributed by atoms with van der Waals surface area (Å²) in [4.78, 5) is 31.3. The molecule has 3 heterocycles. The number of carbonyl (C=O) groups is 1. The average Bonchev–Trinajstić information content (AvgIpc) is 3.23. The third-order valence-corrected chi connectivity index (χ3v) is 5.41. The number of hydrogen-bond donors (Lipinski definition) is 2. The van der Waals surface area contributed by atoms with Crippen molar-refractivity contribution in [3.05, 3.63) is 64.1 Å². The zero-order chi connectivity index (χ0) is 18.3. The van der Waals surface area contributed by atoms with Crippen LogP contribution in [0.3, 0.4) is 0 Å². The first kappa shape index (κ1) is 16.3. The molecule has 0 saturated carbocycles. The minimum Gasteiger partial charge on any atom is -0.445 e. The van der Waals surface area contributed by atoms with E-state index in [1.165, 1.54) is 24.6 Å². The fourth-order valence-corrected chi connectivity index (χ4v) is 4.02. The Morgan fingerprint density at radius 3 is 2.85 bits per heavy atom. The minimum absolute atomic E-state index is 0.0842. The number of fused-ring (bicyclic) bond motifs is 1. The molecule has 4 rings (SSSR count). The molecule has 0 fully saturated rings. The SMILES string of the molecule is O=C(N[C@@H]1C=CS(=O)(=O)C1)c1cc2ccc(-c3ncco3)cc2[nH]c1=O. The van der Waals surface area contributed by atoms with Gasteiger partial charge in [0.1, 0.15) is 11.8 Å². The number of rotatable bonds is 3. The lowest BCUT2D eigenvalue weighted by Crippen LogP contribution is -2.38.